The Bertz CT molecular complexity index is 867. The van der Waals surface area contributed by atoms with E-state index in [1.54, 1.807) is 7.05 Å². The SMILES string of the molecule is CC.CNc1ncnc2c(F)c(-c3c(O)cccc3F)c(Cl)cc12. The van der Waals surface area contributed by atoms with Gasteiger partial charge in [-0.05, 0) is 18.2 Å². The molecule has 2 N–H and O–H groups in total. The highest BCUT2D eigenvalue weighted by atomic mass is 35.5. The molecule has 0 atom stereocenters. The van der Waals surface area contributed by atoms with Crippen molar-refractivity contribution in [2.75, 3.05) is 12.4 Å². The summed E-state index contributed by atoms with van der Waals surface area (Å²) in [6, 6.07) is 5.14. The summed E-state index contributed by atoms with van der Waals surface area (Å²) in [5.74, 6) is -1.59. The third-order valence-electron chi connectivity index (χ3n) is 3.30. The third kappa shape index (κ3) is 2.97. The maximum Gasteiger partial charge on any atom is 0.159 e. The standard InChI is InChI=1S/C15H10ClF2N3O.C2H6/c1-19-15-7-5-8(16)11(13(18)14(7)20-6-21-15)12-9(17)3-2-4-10(12)22;1-2/h2-6,22H,1H3,(H,19,20,21);1-2H3. The van der Waals surface area contributed by atoms with Gasteiger partial charge >= 0.3 is 0 Å². The number of halogens is 3. The number of anilines is 1. The van der Waals surface area contributed by atoms with Gasteiger partial charge in [-0.1, -0.05) is 31.5 Å². The molecule has 7 heteroatoms. The summed E-state index contributed by atoms with van der Waals surface area (Å²) in [7, 11) is 1.63. The number of benzene rings is 2. The van der Waals surface area contributed by atoms with Gasteiger partial charge in [-0.25, -0.2) is 18.7 Å². The first kappa shape index (κ1) is 17.9. The van der Waals surface area contributed by atoms with Gasteiger partial charge in [0.05, 0.1) is 10.6 Å². The van der Waals surface area contributed by atoms with Crippen molar-refractivity contribution in [3.63, 3.8) is 0 Å². The van der Waals surface area contributed by atoms with Gasteiger partial charge in [0, 0.05) is 18.0 Å². The average Bonchev–Trinajstić information content (AvgIpc) is 2.58. The Morgan fingerprint density at radius 3 is 2.46 bits per heavy atom. The zero-order valence-electron chi connectivity index (χ0n) is 13.4. The molecule has 0 aliphatic heterocycles. The first-order valence-electron chi connectivity index (χ1n) is 7.33. The Balaban J connectivity index is 0.00000100. The maximum atomic E-state index is 14.8. The van der Waals surface area contributed by atoms with Crippen LogP contribution in [-0.2, 0) is 0 Å². The largest absolute Gasteiger partial charge is 0.507 e. The summed E-state index contributed by atoms with van der Waals surface area (Å²) in [6.45, 7) is 4.00. The van der Waals surface area contributed by atoms with Gasteiger partial charge in [0.15, 0.2) is 5.82 Å². The number of phenols is 1. The summed E-state index contributed by atoms with van der Waals surface area (Å²) >= 11 is 6.11. The van der Waals surface area contributed by atoms with E-state index in [0.717, 1.165) is 6.07 Å². The quantitative estimate of drug-likeness (QED) is 0.682. The predicted octanol–water partition coefficient (Wildman–Crippen LogP) is 5.00. The van der Waals surface area contributed by atoms with Crippen LogP contribution in [0.25, 0.3) is 22.0 Å². The number of fused-ring (bicyclic) bond motifs is 1. The molecular weight excluding hydrogens is 336 g/mol. The molecule has 4 nitrogen and oxygen atoms in total. The number of hydrogen-bond acceptors (Lipinski definition) is 4. The Hall–Kier alpha value is -2.47. The molecule has 0 aliphatic rings. The Labute approximate surface area is 143 Å². The number of rotatable bonds is 2. The zero-order valence-corrected chi connectivity index (χ0v) is 14.1. The summed E-state index contributed by atoms with van der Waals surface area (Å²) in [5, 5.41) is 13.0. The number of nitrogens with one attached hydrogen (secondary N) is 1. The minimum Gasteiger partial charge on any atom is -0.507 e. The normalized spacial score (nSPS) is 10.2. The highest BCUT2D eigenvalue weighted by molar-refractivity contribution is 6.34. The van der Waals surface area contributed by atoms with Crippen LogP contribution in [-0.4, -0.2) is 22.1 Å². The van der Waals surface area contributed by atoms with Crippen LogP contribution in [0.5, 0.6) is 5.75 Å². The Kier molecular flexibility index (Phi) is 5.51. The van der Waals surface area contributed by atoms with E-state index in [2.05, 4.69) is 15.3 Å². The molecule has 0 unspecified atom stereocenters. The molecule has 126 valence electrons. The van der Waals surface area contributed by atoms with E-state index < -0.39 is 17.4 Å². The van der Waals surface area contributed by atoms with E-state index in [1.165, 1.54) is 24.5 Å². The van der Waals surface area contributed by atoms with E-state index in [-0.39, 0.29) is 21.7 Å². The van der Waals surface area contributed by atoms with Crippen molar-refractivity contribution in [1.82, 2.24) is 9.97 Å². The van der Waals surface area contributed by atoms with E-state index in [0.29, 0.717) is 11.2 Å². The molecule has 24 heavy (non-hydrogen) atoms. The summed E-state index contributed by atoms with van der Waals surface area (Å²) in [6.07, 6.45) is 1.19. The second kappa shape index (κ2) is 7.40. The lowest BCUT2D eigenvalue weighted by atomic mass is 10.0. The van der Waals surface area contributed by atoms with Crippen molar-refractivity contribution < 1.29 is 13.9 Å². The first-order valence-corrected chi connectivity index (χ1v) is 7.70. The highest BCUT2D eigenvalue weighted by Gasteiger charge is 2.22. The molecule has 0 saturated heterocycles. The molecular formula is C17H16ClF2N3O. The molecule has 2 aromatic carbocycles. The van der Waals surface area contributed by atoms with Gasteiger partial charge in [-0.2, -0.15) is 0 Å². The molecule has 1 aromatic heterocycles. The van der Waals surface area contributed by atoms with Crippen molar-refractivity contribution in [2.45, 2.75) is 13.8 Å². The van der Waals surface area contributed by atoms with Gasteiger partial charge in [-0.15, -0.1) is 0 Å². The molecule has 0 radical (unpaired) electrons. The van der Waals surface area contributed by atoms with Crippen molar-refractivity contribution in [2.24, 2.45) is 0 Å². The summed E-state index contributed by atoms with van der Waals surface area (Å²) in [5.41, 5.74) is -0.538. The van der Waals surface area contributed by atoms with E-state index >= 15 is 0 Å². The lowest BCUT2D eigenvalue weighted by Crippen LogP contribution is -1.99. The number of phenolic OH excluding ortho intramolecular Hbond substituents is 1. The van der Waals surface area contributed by atoms with Crippen molar-refractivity contribution in [1.29, 1.82) is 0 Å². The fraction of sp³-hybridized carbons (Fsp3) is 0.176. The van der Waals surface area contributed by atoms with Gasteiger partial charge < -0.3 is 10.4 Å². The van der Waals surface area contributed by atoms with Crippen LogP contribution in [0, 0.1) is 11.6 Å². The van der Waals surface area contributed by atoms with Gasteiger partial charge in [0.1, 0.15) is 29.2 Å². The molecule has 0 aliphatic carbocycles. The smallest absolute Gasteiger partial charge is 0.159 e. The van der Waals surface area contributed by atoms with E-state index in [1.807, 2.05) is 13.8 Å². The molecule has 0 bridgehead atoms. The second-order valence-electron chi connectivity index (χ2n) is 4.55. The van der Waals surface area contributed by atoms with Crippen LogP contribution < -0.4 is 5.32 Å². The van der Waals surface area contributed by atoms with Crippen LogP contribution in [0.1, 0.15) is 13.8 Å². The topological polar surface area (TPSA) is 58.0 Å². The fourth-order valence-electron chi connectivity index (χ4n) is 2.32. The van der Waals surface area contributed by atoms with Crippen molar-refractivity contribution in [3.8, 4) is 16.9 Å². The molecule has 3 rings (SSSR count). The third-order valence-corrected chi connectivity index (χ3v) is 3.60. The molecule has 0 fully saturated rings. The number of nitrogens with zero attached hydrogens (tertiary/aromatic N) is 2. The Morgan fingerprint density at radius 1 is 1.12 bits per heavy atom. The van der Waals surface area contributed by atoms with Gasteiger partial charge in [0.25, 0.3) is 0 Å². The van der Waals surface area contributed by atoms with Gasteiger partial charge in [0.2, 0.25) is 0 Å². The number of aromatic nitrogens is 2. The van der Waals surface area contributed by atoms with Crippen LogP contribution in [0.3, 0.4) is 0 Å². The zero-order chi connectivity index (χ0) is 17.9. The van der Waals surface area contributed by atoms with Crippen molar-refractivity contribution in [3.05, 3.63) is 47.2 Å². The van der Waals surface area contributed by atoms with Crippen molar-refractivity contribution >= 4 is 28.3 Å². The Morgan fingerprint density at radius 2 is 1.83 bits per heavy atom. The monoisotopic (exact) mass is 351 g/mol. The average molecular weight is 352 g/mol. The second-order valence-corrected chi connectivity index (χ2v) is 4.96. The van der Waals surface area contributed by atoms with E-state index in [4.69, 9.17) is 11.6 Å². The first-order chi connectivity index (χ1) is 11.5. The number of hydrogen-bond donors (Lipinski definition) is 2. The van der Waals surface area contributed by atoms with Crippen LogP contribution in [0.4, 0.5) is 14.6 Å². The van der Waals surface area contributed by atoms with Gasteiger partial charge in [-0.3, -0.25) is 0 Å². The van der Waals surface area contributed by atoms with Crippen LogP contribution >= 0.6 is 11.6 Å². The molecule has 1 heterocycles. The lowest BCUT2D eigenvalue weighted by molar-refractivity contribution is 0.471. The minimum absolute atomic E-state index is 0.0126. The highest BCUT2D eigenvalue weighted by Crippen LogP contribution is 2.41. The predicted molar refractivity (Wildman–Crippen MR) is 92.5 cm³/mol. The number of aromatic hydroxyl groups is 1. The molecule has 3 aromatic rings. The van der Waals surface area contributed by atoms with Crippen LogP contribution in [0.15, 0.2) is 30.6 Å². The molecule has 0 amide bonds. The van der Waals surface area contributed by atoms with Crippen LogP contribution in [0.2, 0.25) is 5.02 Å². The summed E-state index contributed by atoms with van der Waals surface area (Å²) < 4.78 is 28.8. The molecule has 0 saturated carbocycles. The lowest BCUT2D eigenvalue weighted by Gasteiger charge is -2.12. The maximum absolute atomic E-state index is 14.8. The fourth-order valence-corrected chi connectivity index (χ4v) is 2.60. The summed E-state index contributed by atoms with van der Waals surface area (Å²) in [4.78, 5) is 7.86. The van der Waals surface area contributed by atoms with E-state index in [9.17, 15) is 13.9 Å². The molecule has 0 spiro atoms. The minimum atomic E-state index is -0.818.